The first kappa shape index (κ1) is 20.9. The molecule has 1 heterocycles. The predicted octanol–water partition coefficient (Wildman–Crippen LogP) is 4.99. The summed E-state index contributed by atoms with van der Waals surface area (Å²) in [5.41, 5.74) is 2.56. The van der Waals surface area contributed by atoms with E-state index in [0.29, 0.717) is 39.3 Å². The Balaban J connectivity index is 1.65. The number of hydrogen-bond acceptors (Lipinski definition) is 7. The minimum absolute atomic E-state index is 0.0247. The molecule has 0 atom stereocenters. The van der Waals surface area contributed by atoms with Crippen molar-refractivity contribution in [2.75, 3.05) is 12.4 Å². The lowest BCUT2D eigenvalue weighted by Crippen LogP contribution is -2.01. The van der Waals surface area contributed by atoms with Gasteiger partial charge in [-0.1, -0.05) is 12.1 Å². The Morgan fingerprint density at radius 3 is 2.59 bits per heavy atom. The van der Waals surface area contributed by atoms with Gasteiger partial charge in [-0.25, -0.2) is 14.4 Å². The molecule has 0 spiro atoms. The van der Waals surface area contributed by atoms with E-state index < -0.39 is 5.82 Å². The number of ether oxygens (including phenoxy) is 2. The minimum atomic E-state index is -0.513. The quantitative estimate of drug-likeness (QED) is 0.445. The molecule has 0 radical (unpaired) electrons. The SMILES string of the molecule is COc1cc2c(Nc3cc(O)c(C)cc3F)ncnc2cc1OCc1ccc(C#N)cc1. The standard InChI is InChI=1S/C24H19FN4O3/c1-14-7-18(25)20(9-21(14)30)29-24-17-8-22(31-2)23(10-19(17)27-13-28-24)32-12-16-5-3-15(11-26)4-6-16/h3-10,13,30H,12H2,1-2H3,(H,27,28,29). The third-order valence-corrected chi connectivity index (χ3v) is 4.94. The van der Waals surface area contributed by atoms with Crippen molar-refractivity contribution in [1.29, 1.82) is 5.26 Å². The maximum atomic E-state index is 14.4. The van der Waals surface area contributed by atoms with E-state index in [0.717, 1.165) is 5.56 Å². The molecule has 160 valence electrons. The van der Waals surface area contributed by atoms with Crippen LogP contribution in [0, 0.1) is 24.1 Å². The number of anilines is 2. The van der Waals surface area contributed by atoms with Gasteiger partial charge in [-0.2, -0.15) is 5.26 Å². The van der Waals surface area contributed by atoms with Gasteiger partial charge in [0, 0.05) is 17.5 Å². The molecule has 0 amide bonds. The first-order chi connectivity index (χ1) is 15.5. The second-order valence-electron chi connectivity index (χ2n) is 7.08. The van der Waals surface area contributed by atoms with Crippen LogP contribution in [0.5, 0.6) is 17.2 Å². The highest BCUT2D eigenvalue weighted by atomic mass is 19.1. The van der Waals surface area contributed by atoms with E-state index in [1.165, 1.54) is 25.6 Å². The number of phenols is 1. The number of fused-ring (bicyclic) bond motifs is 1. The van der Waals surface area contributed by atoms with E-state index in [4.69, 9.17) is 14.7 Å². The fourth-order valence-electron chi connectivity index (χ4n) is 3.16. The summed E-state index contributed by atoms with van der Waals surface area (Å²) in [4.78, 5) is 8.50. The number of halogens is 1. The van der Waals surface area contributed by atoms with E-state index in [2.05, 4.69) is 21.4 Å². The second-order valence-corrected chi connectivity index (χ2v) is 7.08. The van der Waals surface area contributed by atoms with Crippen molar-refractivity contribution in [2.24, 2.45) is 0 Å². The summed E-state index contributed by atoms with van der Waals surface area (Å²) in [5.74, 6) is 0.753. The molecule has 0 unspecified atom stereocenters. The van der Waals surface area contributed by atoms with Crippen LogP contribution in [0.2, 0.25) is 0 Å². The van der Waals surface area contributed by atoms with Gasteiger partial charge in [0.15, 0.2) is 11.5 Å². The summed E-state index contributed by atoms with van der Waals surface area (Å²) in [5, 5.41) is 22.3. The molecular formula is C24H19FN4O3. The van der Waals surface area contributed by atoms with Gasteiger partial charge in [-0.3, -0.25) is 0 Å². The number of aromatic hydroxyl groups is 1. The van der Waals surface area contributed by atoms with E-state index >= 15 is 0 Å². The fourth-order valence-corrected chi connectivity index (χ4v) is 3.16. The van der Waals surface area contributed by atoms with Crippen LogP contribution >= 0.6 is 0 Å². The predicted molar refractivity (Wildman–Crippen MR) is 118 cm³/mol. The van der Waals surface area contributed by atoms with E-state index in [1.807, 2.05) is 12.1 Å². The number of nitrogens with zero attached hydrogens (tertiary/aromatic N) is 3. The largest absolute Gasteiger partial charge is 0.508 e. The number of nitrogens with one attached hydrogen (secondary N) is 1. The van der Waals surface area contributed by atoms with Crippen LogP contribution in [0.1, 0.15) is 16.7 Å². The van der Waals surface area contributed by atoms with Gasteiger partial charge in [0.05, 0.1) is 29.9 Å². The van der Waals surface area contributed by atoms with Crippen molar-refractivity contribution < 1.29 is 19.0 Å². The Morgan fingerprint density at radius 2 is 1.88 bits per heavy atom. The zero-order valence-electron chi connectivity index (χ0n) is 17.4. The summed E-state index contributed by atoms with van der Waals surface area (Å²) in [6, 6.07) is 15.2. The molecule has 0 bridgehead atoms. The van der Waals surface area contributed by atoms with E-state index in [9.17, 15) is 9.50 Å². The smallest absolute Gasteiger partial charge is 0.163 e. The summed E-state index contributed by atoms with van der Waals surface area (Å²) >= 11 is 0. The Labute approximate surface area is 183 Å². The normalized spacial score (nSPS) is 10.6. The molecule has 0 aliphatic carbocycles. The van der Waals surface area contributed by atoms with Crippen molar-refractivity contribution in [1.82, 2.24) is 9.97 Å². The monoisotopic (exact) mass is 430 g/mol. The zero-order valence-corrected chi connectivity index (χ0v) is 17.4. The van der Waals surface area contributed by atoms with Crippen molar-refractivity contribution in [3.8, 4) is 23.3 Å². The molecule has 0 fully saturated rings. The first-order valence-corrected chi connectivity index (χ1v) is 9.69. The number of phenolic OH excluding ortho intramolecular Hbond substituents is 1. The number of aromatic nitrogens is 2. The number of methoxy groups -OCH3 is 1. The minimum Gasteiger partial charge on any atom is -0.508 e. The Kier molecular flexibility index (Phi) is 5.73. The lowest BCUT2D eigenvalue weighted by Gasteiger charge is -2.14. The fraction of sp³-hybridized carbons (Fsp3) is 0.125. The van der Waals surface area contributed by atoms with Crippen LogP contribution in [0.15, 0.2) is 54.9 Å². The third-order valence-electron chi connectivity index (χ3n) is 4.94. The second kappa shape index (κ2) is 8.78. The molecular weight excluding hydrogens is 411 g/mol. The van der Waals surface area contributed by atoms with Crippen LogP contribution in [-0.4, -0.2) is 22.2 Å². The van der Waals surface area contributed by atoms with Crippen molar-refractivity contribution in [2.45, 2.75) is 13.5 Å². The molecule has 2 N–H and O–H groups in total. The molecule has 7 nitrogen and oxygen atoms in total. The van der Waals surface area contributed by atoms with Gasteiger partial charge in [0.25, 0.3) is 0 Å². The molecule has 0 aliphatic rings. The van der Waals surface area contributed by atoms with Gasteiger partial charge in [0.1, 0.15) is 30.3 Å². The van der Waals surface area contributed by atoms with Crippen molar-refractivity contribution in [3.05, 3.63) is 77.4 Å². The van der Waals surface area contributed by atoms with Gasteiger partial charge < -0.3 is 19.9 Å². The molecule has 3 aromatic carbocycles. The molecule has 4 rings (SSSR count). The lowest BCUT2D eigenvalue weighted by molar-refractivity contribution is 0.285. The number of nitriles is 1. The summed E-state index contributed by atoms with van der Waals surface area (Å²) in [6.07, 6.45) is 1.35. The van der Waals surface area contributed by atoms with Crippen LogP contribution in [-0.2, 0) is 6.61 Å². The Hall–Kier alpha value is -4.38. The Bertz CT molecular complexity index is 1330. The summed E-state index contributed by atoms with van der Waals surface area (Å²) in [7, 11) is 1.52. The molecule has 1 aromatic heterocycles. The van der Waals surface area contributed by atoms with Crippen molar-refractivity contribution in [3.63, 3.8) is 0 Å². The van der Waals surface area contributed by atoms with Gasteiger partial charge >= 0.3 is 0 Å². The summed E-state index contributed by atoms with van der Waals surface area (Å²) in [6.45, 7) is 1.89. The van der Waals surface area contributed by atoms with Gasteiger partial charge in [-0.05, 0) is 42.3 Å². The van der Waals surface area contributed by atoms with E-state index in [1.54, 1.807) is 31.2 Å². The number of rotatable bonds is 6. The maximum absolute atomic E-state index is 14.4. The molecule has 8 heteroatoms. The molecule has 0 saturated carbocycles. The van der Waals surface area contributed by atoms with Crippen LogP contribution < -0.4 is 14.8 Å². The van der Waals surface area contributed by atoms with Crippen LogP contribution in [0.25, 0.3) is 10.9 Å². The third kappa shape index (κ3) is 4.23. The lowest BCUT2D eigenvalue weighted by atomic mass is 10.1. The number of benzene rings is 3. The first-order valence-electron chi connectivity index (χ1n) is 9.69. The highest BCUT2D eigenvalue weighted by Crippen LogP contribution is 2.36. The van der Waals surface area contributed by atoms with Gasteiger partial charge in [0.2, 0.25) is 0 Å². The Morgan fingerprint density at radius 1 is 1.09 bits per heavy atom. The molecule has 32 heavy (non-hydrogen) atoms. The molecule has 0 aliphatic heterocycles. The highest BCUT2D eigenvalue weighted by Gasteiger charge is 2.14. The summed E-state index contributed by atoms with van der Waals surface area (Å²) < 4.78 is 25.8. The number of aryl methyl sites for hydroxylation is 1. The van der Waals surface area contributed by atoms with E-state index in [-0.39, 0.29) is 18.0 Å². The van der Waals surface area contributed by atoms with Crippen LogP contribution in [0.4, 0.5) is 15.9 Å². The number of hydrogen-bond donors (Lipinski definition) is 2. The highest BCUT2D eigenvalue weighted by molar-refractivity contribution is 5.93. The molecule has 0 saturated heterocycles. The maximum Gasteiger partial charge on any atom is 0.163 e. The average molecular weight is 430 g/mol. The topological polar surface area (TPSA) is 100 Å². The average Bonchev–Trinajstić information content (AvgIpc) is 2.81. The van der Waals surface area contributed by atoms with Crippen molar-refractivity contribution >= 4 is 22.4 Å². The van der Waals surface area contributed by atoms with Gasteiger partial charge in [-0.15, -0.1) is 0 Å². The zero-order chi connectivity index (χ0) is 22.7. The van der Waals surface area contributed by atoms with Crippen LogP contribution in [0.3, 0.4) is 0 Å². The molecule has 4 aromatic rings.